The zero-order valence-corrected chi connectivity index (χ0v) is 6.42. The number of aliphatic carboxylic acids is 1. The Labute approximate surface area is 65.6 Å². The van der Waals surface area contributed by atoms with Gasteiger partial charge in [-0.1, -0.05) is 0 Å². The molecule has 62 valence electrons. The van der Waals surface area contributed by atoms with Crippen molar-refractivity contribution in [2.24, 2.45) is 17.1 Å². The number of hydrogen-bond donors (Lipinski definition) is 2. The quantitative estimate of drug-likeness (QED) is 0.627. The Morgan fingerprint density at radius 1 is 1.64 bits per heavy atom. The minimum Gasteiger partial charge on any atom is -0.480 e. The average molecular weight is 155 g/mol. The molecular weight excluding hydrogens is 142 g/mol. The fourth-order valence-electron chi connectivity index (χ4n) is 2.46. The summed E-state index contributed by atoms with van der Waals surface area (Å²) in [6, 6.07) is -0.628. The molecule has 11 heavy (non-hydrogen) atoms. The molecule has 0 aromatic heterocycles. The van der Waals surface area contributed by atoms with Crippen LogP contribution in [-0.4, -0.2) is 17.1 Å². The molecule has 3 aliphatic rings. The molecule has 3 nitrogen and oxygen atoms in total. The van der Waals surface area contributed by atoms with Gasteiger partial charge in [0.25, 0.3) is 0 Å². The monoisotopic (exact) mass is 155 g/mol. The van der Waals surface area contributed by atoms with E-state index in [1.54, 1.807) is 0 Å². The largest absolute Gasteiger partial charge is 0.480 e. The van der Waals surface area contributed by atoms with Gasteiger partial charge in [-0.2, -0.15) is 0 Å². The smallest absolute Gasteiger partial charge is 0.320 e. The number of carboxylic acid groups (broad SMARTS) is 1. The molecule has 0 aliphatic heterocycles. The molecule has 1 unspecified atom stereocenters. The van der Waals surface area contributed by atoms with Crippen molar-refractivity contribution in [2.45, 2.75) is 31.7 Å². The van der Waals surface area contributed by atoms with Crippen molar-refractivity contribution >= 4 is 5.97 Å². The van der Waals surface area contributed by atoms with Crippen molar-refractivity contribution in [1.82, 2.24) is 0 Å². The van der Waals surface area contributed by atoms with Gasteiger partial charge in [-0.15, -0.1) is 0 Å². The molecule has 3 N–H and O–H groups in total. The van der Waals surface area contributed by atoms with Crippen LogP contribution in [0, 0.1) is 11.3 Å². The summed E-state index contributed by atoms with van der Waals surface area (Å²) in [5, 5.41) is 8.56. The van der Waals surface area contributed by atoms with E-state index in [2.05, 4.69) is 0 Å². The Morgan fingerprint density at radius 2 is 2.18 bits per heavy atom. The highest BCUT2D eigenvalue weighted by molar-refractivity contribution is 5.73. The minimum atomic E-state index is -0.852. The van der Waals surface area contributed by atoms with E-state index in [1.807, 2.05) is 0 Å². The third kappa shape index (κ3) is 0.948. The summed E-state index contributed by atoms with van der Waals surface area (Å²) in [5.41, 5.74) is 5.80. The van der Waals surface area contributed by atoms with E-state index in [0.717, 1.165) is 5.92 Å². The molecule has 0 amide bonds. The molecule has 3 fully saturated rings. The summed E-state index contributed by atoms with van der Waals surface area (Å²) >= 11 is 0. The molecule has 3 heteroatoms. The van der Waals surface area contributed by atoms with E-state index in [4.69, 9.17) is 10.8 Å². The Balaban J connectivity index is 1.85. The van der Waals surface area contributed by atoms with E-state index in [1.165, 1.54) is 19.3 Å². The first-order valence-electron chi connectivity index (χ1n) is 4.10. The molecule has 0 aromatic rings. The lowest BCUT2D eigenvalue weighted by molar-refractivity contribution is -0.148. The first-order chi connectivity index (χ1) is 5.11. The van der Waals surface area contributed by atoms with Gasteiger partial charge in [-0.25, -0.2) is 0 Å². The van der Waals surface area contributed by atoms with E-state index in [9.17, 15) is 4.79 Å². The highest BCUT2D eigenvalue weighted by Crippen LogP contribution is 2.66. The van der Waals surface area contributed by atoms with Crippen LogP contribution in [0.15, 0.2) is 0 Å². The molecule has 3 saturated carbocycles. The maximum Gasteiger partial charge on any atom is 0.320 e. The highest BCUT2D eigenvalue weighted by Gasteiger charge is 2.56. The maximum atomic E-state index is 10.4. The van der Waals surface area contributed by atoms with Crippen molar-refractivity contribution in [2.75, 3.05) is 0 Å². The van der Waals surface area contributed by atoms with Gasteiger partial charge in [-0.3, -0.25) is 4.79 Å². The zero-order valence-electron chi connectivity index (χ0n) is 6.42. The number of nitrogens with two attached hydrogens (primary N) is 1. The van der Waals surface area contributed by atoms with Crippen LogP contribution in [0.4, 0.5) is 0 Å². The third-order valence-electron chi connectivity index (χ3n) is 3.14. The molecule has 0 spiro atoms. The predicted octanol–water partition coefficient (Wildman–Crippen LogP) is 0.588. The van der Waals surface area contributed by atoms with Crippen LogP contribution in [0.25, 0.3) is 0 Å². The highest BCUT2D eigenvalue weighted by atomic mass is 16.4. The van der Waals surface area contributed by atoms with Gasteiger partial charge < -0.3 is 10.8 Å². The normalized spacial score (nSPS) is 42.1. The molecule has 0 radical (unpaired) electrons. The summed E-state index contributed by atoms with van der Waals surface area (Å²) in [4.78, 5) is 10.4. The number of carbonyl (C=O) groups is 1. The first-order valence-corrected chi connectivity index (χ1v) is 4.10. The SMILES string of the molecule is NC(CC12CC(C1)C2)C(=O)O. The van der Waals surface area contributed by atoms with Crippen molar-refractivity contribution < 1.29 is 9.90 Å². The van der Waals surface area contributed by atoms with Crippen molar-refractivity contribution in [3.05, 3.63) is 0 Å². The van der Waals surface area contributed by atoms with Crippen LogP contribution < -0.4 is 5.73 Å². The Morgan fingerprint density at radius 3 is 2.45 bits per heavy atom. The second kappa shape index (κ2) is 1.97. The van der Waals surface area contributed by atoms with Crippen LogP contribution in [0.3, 0.4) is 0 Å². The summed E-state index contributed by atoms with van der Waals surface area (Å²) in [7, 11) is 0. The minimum absolute atomic E-state index is 0.364. The lowest BCUT2D eigenvalue weighted by atomic mass is 9.43. The van der Waals surface area contributed by atoms with E-state index in [0.29, 0.717) is 11.8 Å². The first kappa shape index (κ1) is 7.10. The maximum absolute atomic E-state index is 10.4. The fourth-order valence-corrected chi connectivity index (χ4v) is 2.46. The average Bonchev–Trinajstić information content (AvgIpc) is 1.74. The molecule has 0 saturated heterocycles. The topological polar surface area (TPSA) is 63.3 Å². The van der Waals surface area contributed by atoms with Crippen molar-refractivity contribution in [3.8, 4) is 0 Å². The van der Waals surface area contributed by atoms with Crippen LogP contribution in [-0.2, 0) is 4.79 Å². The number of carboxylic acids is 1. The van der Waals surface area contributed by atoms with E-state index in [-0.39, 0.29) is 0 Å². The van der Waals surface area contributed by atoms with Crippen LogP contribution >= 0.6 is 0 Å². The molecule has 0 aromatic carbocycles. The summed E-state index contributed by atoms with van der Waals surface area (Å²) in [5.74, 6) is 0.0609. The number of rotatable bonds is 3. The summed E-state index contributed by atoms with van der Waals surface area (Å²) in [6.45, 7) is 0. The van der Waals surface area contributed by atoms with Crippen LogP contribution in [0.5, 0.6) is 0 Å². The van der Waals surface area contributed by atoms with E-state index >= 15 is 0 Å². The third-order valence-corrected chi connectivity index (χ3v) is 3.14. The van der Waals surface area contributed by atoms with Gasteiger partial charge in [-0.05, 0) is 37.0 Å². The van der Waals surface area contributed by atoms with Crippen LogP contribution in [0.2, 0.25) is 0 Å². The second-order valence-electron chi connectivity index (χ2n) is 4.13. The van der Waals surface area contributed by atoms with Crippen molar-refractivity contribution in [3.63, 3.8) is 0 Å². The predicted molar refractivity (Wildman–Crippen MR) is 40.0 cm³/mol. The molecule has 3 aliphatic carbocycles. The van der Waals surface area contributed by atoms with Gasteiger partial charge in [0.05, 0.1) is 0 Å². The van der Waals surface area contributed by atoms with Gasteiger partial charge in [0.1, 0.15) is 6.04 Å². The lowest BCUT2D eigenvalue weighted by Gasteiger charge is -2.62. The van der Waals surface area contributed by atoms with Gasteiger partial charge >= 0.3 is 5.97 Å². The van der Waals surface area contributed by atoms with Gasteiger partial charge in [0.2, 0.25) is 0 Å². The Bertz CT molecular complexity index is 185. The Kier molecular flexibility index (Phi) is 1.27. The lowest BCUT2D eigenvalue weighted by Crippen LogP contribution is -2.55. The molecule has 3 rings (SSSR count). The zero-order chi connectivity index (χ0) is 8.06. The molecule has 1 atom stereocenters. The molecule has 0 heterocycles. The van der Waals surface area contributed by atoms with Gasteiger partial charge in [0.15, 0.2) is 0 Å². The van der Waals surface area contributed by atoms with Crippen molar-refractivity contribution in [1.29, 1.82) is 0 Å². The fraction of sp³-hybridized carbons (Fsp3) is 0.875. The Hall–Kier alpha value is -0.570. The summed E-state index contributed by atoms with van der Waals surface area (Å²) in [6.07, 6.45) is 4.38. The van der Waals surface area contributed by atoms with Gasteiger partial charge in [0, 0.05) is 0 Å². The molecular formula is C8H13NO2. The van der Waals surface area contributed by atoms with Crippen LogP contribution in [0.1, 0.15) is 25.7 Å². The standard InChI is InChI=1S/C8H13NO2/c9-6(7(10)11)4-8-1-5(2-8)3-8/h5-6H,1-4,9H2,(H,10,11). The van der Waals surface area contributed by atoms with E-state index < -0.39 is 12.0 Å². The number of hydrogen-bond acceptors (Lipinski definition) is 2. The second-order valence-corrected chi connectivity index (χ2v) is 4.13. The summed E-state index contributed by atoms with van der Waals surface area (Å²) < 4.78 is 0. The molecule has 2 bridgehead atoms.